The molecule has 0 atom stereocenters. The summed E-state index contributed by atoms with van der Waals surface area (Å²) in [5.74, 6) is 1.55. The molecule has 1 aromatic rings. The molecule has 0 aromatic heterocycles. The maximum atomic E-state index is 10.7. The van der Waals surface area contributed by atoms with Crippen molar-refractivity contribution in [3.8, 4) is 11.5 Å². The van der Waals surface area contributed by atoms with Crippen LogP contribution in [-0.2, 0) is 4.79 Å². The van der Waals surface area contributed by atoms with Gasteiger partial charge in [0.05, 0.1) is 13.2 Å². The van der Waals surface area contributed by atoms with Gasteiger partial charge in [-0.3, -0.25) is 4.79 Å². The second-order valence-electron chi connectivity index (χ2n) is 3.18. The van der Waals surface area contributed by atoms with Crippen molar-refractivity contribution >= 4 is 5.78 Å². The van der Waals surface area contributed by atoms with Crippen molar-refractivity contribution in [3.63, 3.8) is 0 Å². The molecule has 0 N–H and O–H groups in total. The Morgan fingerprint density at radius 3 is 2.33 bits per heavy atom. The van der Waals surface area contributed by atoms with Crippen LogP contribution in [0.4, 0.5) is 0 Å². The number of rotatable bonds is 6. The van der Waals surface area contributed by atoms with Crippen molar-refractivity contribution in [1.29, 1.82) is 0 Å². The minimum absolute atomic E-state index is 0.129. The van der Waals surface area contributed by atoms with Gasteiger partial charge in [-0.15, -0.1) is 0 Å². The second-order valence-corrected chi connectivity index (χ2v) is 3.18. The van der Waals surface area contributed by atoms with Crippen molar-refractivity contribution in [3.05, 3.63) is 24.3 Å². The number of hydrogen-bond donors (Lipinski definition) is 0. The largest absolute Gasteiger partial charge is 0.490 e. The molecule has 0 aliphatic carbocycles. The van der Waals surface area contributed by atoms with Gasteiger partial charge in [0.1, 0.15) is 5.78 Å². The summed E-state index contributed by atoms with van der Waals surface area (Å²) in [6, 6.07) is 7.46. The summed E-state index contributed by atoms with van der Waals surface area (Å²) in [4.78, 5) is 10.7. The summed E-state index contributed by atoms with van der Waals surface area (Å²) in [7, 11) is 0. The molecule has 0 radical (unpaired) electrons. The van der Waals surface area contributed by atoms with Gasteiger partial charge < -0.3 is 9.47 Å². The predicted octanol–water partition coefficient (Wildman–Crippen LogP) is 2.44. The molecular formula is C12H16O3. The zero-order valence-electron chi connectivity index (χ0n) is 9.16. The van der Waals surface area contributed by atoms with Crippen molar-refractivity contribution < 1.29 is 14.3 Å². The zero-order valence-corrected chi connectivity index (χ0v) is 9.16. The smallest absolute Gasteiger partial charge is 0.161 e. The fourth-order valence-corrected chi connectivity index (χ4v) is 1.15. The number of benzene rings is 1. The highest BCUT2D eigenvalue weighted by molar-refractivity contribution is 5.75. The van der Waals surface area contributed by atoms with Crippen LogP contribution in [0.25, 0.3) is 0 Å². The van der Waals surface area contributed by atoms with Gasteiger partial charge in [0.25, 0.3) is 0 Å². The lowest BCUT2D eigenvalue weighted by molar-refractivity contribution is -0.117. The molecule has 0 amide bonds. The first-order valence-corrected chi connectivity index (χ1v) is 5.08. The van der Waals surface area contributed by atoms with E-state index in [-0.39, 0.29) is 5.78 Å². The number of ketones is 1. The summed E-state index contributed by atoms with van der Waals surface area (Å²) < 4.78 is 10.8. The third-order valence-electron chi connectivity index (χ3n) is 1.86. The number of Topliss-reactive ketones (excluding diaryl/α,β-unsaturated/α-hetero) is 1. The van der Waals surface area contributed by atoms with Gasteiger partial charge in [-0.25, -0.2) is 0 Å². The third kappa shape index (κ3) is 4.02. The van der Waals surface area contributed by atoms with Gasteiger partial charge >= 0.3 is 0 Å². The van der Waals surface area contributed by atoms with Crippen LogP contribution in [0.1, 0.15) is 20.3 Å². The molecule has 0 unspecified atom stereocenters. The van der Waals surface area contributed by atoms with E-state index in [1.54, 1.807) is 6.92 Å². The molecule has 0 aliphatic heterocycles. The quantitative estimate of drug-likeness (QED) is 0.720. The maximum Gasteiger partial charge on any atom is 0.161 e. The molecule has 3 nitrogen and oxygen atoms in total. The maximum absolute atomic E-state index is 10.7. The van der Waals surface area contributed by atoms with Crippen LogP contribution in [0.2, 0.25) is 0 Å². The van der Waals surface area contributed by atoms with Crippen LogP contribution < -0.4 is 9.47 Å². The topological polar surface area (TPSA) is 35.5 Å². The highest BCUT2D eigenvalue weighted by atomic mass is 16.5. The Kier molecular flexibility index (Phi) is 4.68. The fourth-order valence-electron chi connectivity index (χ4n) is 1.15. The van der Waals surface area contributed by atoms with E-state index in [9.17, 15) is 4.79 Å². The molecule has 0 spiro atoms. The summed E-state index contributed by atoms with van der Waals surface area (Å²) in [5, 5.41) is 0. The van der Waals surface area contributed by atoms with Crippen LogP contribution in [0.5, 0.6) is 11.5 Å². The normalized spacial score (nSPS) is 9.73. The van der Waals surface area contributed by atoms with Gasteiger partial charge in [0.2, 0.25) is 0 Å². The lowest BCUT2D eigenvalue weighted by Gasteiger charge is -2.10. The second kappa shape index (κ2) is 6.06. The first kappa shape index (κ1) is 11.6. The Balaban J connectivity index is 2.55. The van der Waals surface area contributed by atoms with E-state index < -0.39 is 0 Å². The number of para-hydroxylation sites is 2. The Labute approximate surface area is 90.0 Å². The first-order chi connectivity index (χ1) is 7.24. The summed E-state index contributed by atoms with van der Waals surface area (Å²) >= 11 is 0. The van der Waals surface area contributed by atoms with E-state index in [0.717, 1.165) is 5.75 Å². The van der Waals surface area contributed by atoms with Gasteiger partial charge in [0.15, 0.2) is 11.5 Å². The van der Waals surface area contributed by atoms with Gasteiger partial charge in [0, 0.05) is 6.42 Å². The molecule has 82 valence electrons. The molecule has 1 aromatic carbocycles. The molecule has 1 rings (SSSR count). The third-order valence-corrected chi connectivity index (χ3v) is 1.86. The highest BCUT2D eigenvalue weighted by Crippen LogP contribution is 2.26. The number of hydrogen-bond acceptors (Lipinski definition) is 3. The van der Waals surface area contributed by atoms with E-state index in [4.69, 9.17) is 9.47 Å². The Morgan fingerprint density at radius 1 is 1.20 bits per heavy atom. The minimum Gasteiger partial charge on any atom is -0.490 e. The molecule has 0 fully saturated rings. The van der Waals surface area contributed by atoms with Crippen molar-refractivity contribution in [2.45, 2.75) is 20.3 Å². The zero-order chi connectivity index (χ0) is 11.1. The van der Waals surface area contributed by atoms with Gasteiger partial charge in [-0.05, 0) is 26.0 Å². The van der Waals surface area contributed by atoms with E-state index in [2.05, 4.69) is 0 Å². The molecule has 0 aliphatic rings. The lowest BCUT2D eigenvalue weighted by Crippen LogP contribution is -2.04. The van der Waals surface area contributed by atoms with Gasteiger partial charge in [-0.1, -0.05) is 12.1 Å². The van der Waals surface area contributed by atoms with E-state index in [1.807, 2.05) is 31.2 Å². The van der Waals surface area contributed by atoms with E-state index >= 15 is 0 Å². The first-order valence-electron chi connectivity index (χ1n) is 5.08. The molecule has 0 bridgehead atoms. The summed E-state index contributed by atoms with van der Waals surface area (Å²) in [5.41, 5.74) is 0. The monoisotopic (exact) mass is 208 g/mol. The number of carbonyl (C=O) groups is 1. The highest BCUT2D eigenvalue weighted by Gasteiger charge is 2.03. The van der Waals surface area contributed by atoms with Crippen molar-refractivity contribution in [1.82, 2.24) is 0 Å². The van der Waals surface area contributed by atoms with Crippen LogP contribution in [0.3, 0.4) is 0 Å². The van der Waals surface area contributed by atoms with Crippen molar-refractivity contribution in [2.75, 3.05) is 13.2 Å². The SMILES string of the molecule is CCOc1ccccc1OCCC(C)=O. The van der Waals surface area contributed by atoms with Gasteiger partial charge in [-0.2, -0.15) is 0 Å². The summed E-state index contributed by atoms with van der Waals surface area (Å²) in [6.07, 6.45) is 0.431. The molecule has 15 heavy (non-hydrogen) atoms. The molecule has 0 heterocycles. The molecule has 3 heteroatoms. The number of ether oxygens (including phenoxy) is 2. The Hall–Kier alpha value is -1.51. The average Bonchev–Trinajstić information content (AvgIpc) is 2.20. The van der Waals surface area contributed by atoms with E-state index in [1.165, 1.54) is 0 Å². The van der Waals surface area contributed by atoms with Crippen LogP contribution >= 0.6 is 0 Å². The van der Waals surface area contributed by atoms with Crippen LogP contribution in [-0.4, -0.2) is 19.0 Å². The van der Waals surface area contributed by atoms with Crippen molar-refractivity contribution in [2.24, 2.45) is 0 Å². The molecular weight excluding hydrogens is 192 g/mol. The molecule has 0 saturated carbocycles. The average molecular weight is 208 g/mol. The minimum atomic E-state index is 0.129. The lowest BCUT2D eigenvalue weighted by atomic mass is 10.3. The van der Waals surface area contributed by atoms with Crippen LogP contribution in [0, 0.1) is 0 Å². The Morgan fingerprint density at radius 2 is 1.80 bits per heavy atom. The fraction of sp³-hybridized carbons (Fsp3) is 0.417. The number of carbonyl (C=O) groups excluding carboxylic acids is 1. The van der Waals surface area contributed by atoms with E-state index in [0.29, 0.717) is 25.4 Å². The Bertz CT molecular complexity index is 320. The summed E-state index contributed by atoms with van der Waals surface area (Å²) in [6.45, 7) is 4.48. The predicted molar refractivity (Wildman–Crippen MR) is 58.4 cm³/mol. The molecule has 0 saturated heterocycles. The van der Waals surface area contributed by atoms with Crippen LogP contribution in [0.15, 0.2) is 24.3 Å². The standard InChI is InChI=1S/C12H16O3/c1-3-14-11-6-4-5-7-12(11)15-9-8-10(2)13/h4-7H,3,8-9H2,1-2H3.